The van der Waals surface area contributed by atoms with Gasteiger partial charge in [-0.3, -0.25) is 14.4 Å². The first kappa shape index (κ1) is 21.5. The lowest BCUT2D eigenvalue weighted by Gasteiger charge is -2.30. The highest BCUT2D eigenvalue weighted by atomic mass is 16.2. The first-order chi connectivity index (χ1) is 12.0. The van der Waals surface area contributed by atoms with Crippen LogP contribution in [0.25, 0.3) is 0 Å². The summed E-state index contributed by atoms with van der Waals surface area (Å²) in [6.45, 7) is 7.29. The molecular formula is C17H29N5O4. The Morgan fingerprint density at radius 1 is 1.27 bits per heavy atom. The number of amides is 5. The second-order valence-electron chi connectivity index (χ2n) is 7.03. The third-order valence-corrected chi connectivity index (χ3v) is 3.85. The molecule has 0 bridgehead atoms. The van der Waals surface area contributed by atoms with Crippen LogP contribution in [0.1, 0.15) is 34.1 Å². The molecule has 0 spiro atoms. The van der Waals surface area contributed by atoms with Gasteiger partial charge in [0.1, 0.15) is 6.04 Å². The molecule has 0 aromatic heterocycles. The summed E-state index contributed by atoms with van der Waals surface area (Å²) in [5.74, 6) is -1.39. The van der Waals surface area contributed by atoms with Crippen LogP contribution in [0.4, 0.5) is 4.79 Å². The Kier molecular flexibility index (Phi) is 7.60. The summed E-state index contributed by atoms with van der Waals surface area (Å²) in [5.41, 5.74) is 5.96. The van der Waals surface area contributed by atoms with E-state index in [9.17, 15) is 19.2 Å². The van der Waals surface area contributed by atoms with Crippen LogP contribution in [0.3, 0.4) is 0 Å². The molecule has 0 aromatic rings. The number of hydrogen-bond donors (Lipinski definition) is 3. The Morgan fingerprint density at radius 2 is 1.88 bits per heavy atom. The minimum Gasteiger partial charge on any atom is -0.368 e. The molecule has 2 unspecified atom stereocenters. The summed E-state index contributed by atoms with van der Waals surface area (Å²) in [5, 5.41) is 5.46. The van der Waals surface area contributed by atoms with Crippen molar-refractivity contribution in [1.82, 2.24) is 20.4 Å². The molecule has 9 heteroatoms. The van der Waals surface area contributed by atoms with Crippen molar-refractivity contribution in [2.45, 2.75) is 52.2 Å². The minimum absolute atomic E-state index is 0.0634. The summed E-state index contributed by atoms with van der Waals surface area (Å²) in [7, 11) is 1.44. The van der Waals surface area contributed by atoms with Crippen LogP contribution in [0, 0.1) is 0 Å². The van der Waals surface area contributed by atoms with E-state index in [-0.39, 0.29) is 18.5 Å². The summed E-state index contributed by atoms with van der Waals surface area (Å²) in [6.07, 6.45) is 1.89. The van der Waals surface area contributed by atoms with Crippen molar-refractivity contribution in [3.05, 3.63) is 11.6 Å². The standard InChI is InChI=1S/C17H29N5O4/c1-10(2)8-14(24)22-7-6-12(20-17(26)19-11(3)4)15(22)16(25)21(5)9-13(18)23/h8,11-12,15H,6-7,9H2,1-5H3,(H2,18,23)(H2,19,20,26). The van der Waals surface area contributed by atoms with E-state index in [0.29, 0.717) is 13.0 Å². The van der Waals surface area contributed by atoms with E-state index in [1.807, 2.05) is 13.8 Å². The molecule has 0 aliphatic carbocycles. The third kappa shape index (κ3) is 6.05. The zero-order valence-electron chi connectivity index (χ0n) is 16.0. The Balaban J connectivity index is 3.04. The summed E-state index contributed by atoms with van der Waals surface area (Å²) in [6, 6.07) is -1.91. The van der Waals surface area contributed by atoms with Gasteiger partial charge in [-0.15, -0.1) is 0 Å². The van der Waals surface area contributed by atoms with Gasteiger partial charge < -0.3 is 26.2 Å². The van der Waals surface area contributed by atoms with Crippen LogP contribution >= 0.6 is 0 Å². The van der Waals surface area contributed by atoms with Crippen LogP contribution in [-0.2, 0) is 14.4 Å². The van der Waals surface area contributed by atoms with Gasteiger partial charge in [0.2, 0.25) is 17.7 Å². The van der Waals surface area contributed by atoms with Gasteiger partial charge in [0.15, 0.2) is 0 Å². The molecule has 2 atom stereocenters. The van der Waals surface area contributed by atoms with Crippen LogP contribution in [0.15, 0.2) is 11.6 Å². The molecule has 0 radical (unpaired) electrons. The van der Waals surface area contributed by atoms with Gasteiger partial charge in [-0.1, -0.05) is 5.57 Å². The normalized spacial score (nSPS) is 19.1. The van der Waals surface area contributed by atoms with Gasteiger partial charge in [0.25, 0.3) is 0 Å². The first-order valence-electron chi connectivity index (χ1n) is 8.58. The van der Waals surface area contributed by atoms with E-state index >= 15 is 0 Å². The molecule has 26 heavy (non-hydrogen) atoms. The van der Waals surface area contributed by atoms with Crippen molar-refractivity contribution in [3.8, 4) is 0 Å². The number of nitrogens with one attached hydrogen (secondary N) is 2. The number of nitrogens with zero attached hydrogens (tertiary/aromatic N) is 2. The Morgan fingerprint density at radius 3 is 2.38 bits per heavy atom. The van der Waals surface area contributed by atoms with E-state index in [0.717, 1.165) is 5.57 Å². The smallest absolute Gasteiger partial charge is 0.315 e. The van der Waals surface area contributed by atoms with Gasteiger partial charge in [-0.05, 0) is 34.1 Å². The lowest BCUT2D eigenvalue weighted by atomic mass is 10.1. The van der Waals surface area contributed by atoms with E-state index in [1.165, 1.54) is 22.9 Å². The third-order valence-electron chi connectivity index (χ3n) is 3.85. The zero-order valence-corrected chi connectivity index (χ0v) is 16.0. The minimum atomic E-state index is -0.889. The summed E-state index contributed by atoms with van der Waals surface area (Å²) < 4.78 is 0. The number of likely N-dealkylation sites (N-methyl/N-ethyl adjacent to an activating group) is 1. The van der Waals surface area contributed by atoms with E-state index in [2.05, 4.69) is 10.6 Å². The predicted molar refractivity (Wildman–Crippen MR) is 97.0 cm³/mol. The largest absolute Gasteiger partial charge is 0.368 e. The average Bonchev–Trinajstić information content (AvgIpc) is 2.87. The molecule has 1 fully saturated rings. The highest BCUT2D eigenvalue weighted by Crippen LogP contribution is 2.21. The number of urea groups is 1. The molecule has 1 saturated heterocycles. The Labute approximate surface area is 153 Å². The maximum absolute atomic E-state index is 12.8. The van der Waals surface area contributed by atoms with Crippen LogP contribution < -0.4 is 16.4 Å². The number of hydrogen-bond acceptors (Lipinski definition) is 4. The molecule has 0 aromatic carbocycles. The fraction of sp³-hybridized carbons (Fsp3) is 0.647. The summed E-state index contributed by atoms with van der Waals surface area (Å²) >= 11 is 0. The van der Waals surface area contributed by atoms with Crippen molar-refractivity contribution in [3.63, 3.8) is 0 Å². The number of carbonyl (C=O) groups excluding carboxylic acids is 4. The van der Waals surface area contributed by atoms with Gasteiger partial charge in [-0.2, -0.15) is 0 Å². The second-order valence-corrected chi connectivity index (χ2v) is 7.03. The number of likely N-dealkylation sites (tertiary alicyclic amines) is 1. The molecule has 1 rings (SSSR count). The molecule has 1 heterocycles. The van der Waals surface area contributed by atoms with Crippen LogP contribution in [0.2, 0.25) is 0 Å². The monoisotopic (exact) mass is 367 g/mol. The number of rotatable bonds is 6. The summed E-state index contributed by atoms with van der Waals surface area (Å²) in [4.78, 5) is 51.1. The molecule has 4 N–H and O–H groups in total. The molecule has 1 aliphatic heterocycles. The van der Waals surface area contributed by atoms with Crippen molar-refractivity contribution >= 4 is 23.8 Å². The van der Waals surface area contributed by atoms with Crippen molar-refractivity contribution in [2.75, 3.05) is 20.1 Å². The molecule has 1 aliphatic rings. The maximum Gasteiger partial charge on any atom is 0.315 e. The van der Waals surface area contributed by atoms with E-state index in [1.54, 1.807) is 13.8 Å². The number of carbonyl (C=O) groups is 4. The van der Waals surface area contributed by atoms with Crippen LogP contribution in [0.5, 0.6) is 0 Å². The number of allylic oxidation sites excluding steroid dienone is 1. The molecule has 0 saturated carbocycles. The fourth-order valence-corrected chi connectivity index (χ4v) is 2.84. The van der Waals surface area contributed by atoms with Crippen molar-refractivity contribution < 1.29 is 19.2 Å². The van der Waals surface area contributed by atoms with Crippen LogP contribution in [-0.4, -0.2) is 71.8 Å². The number of primary amides is 1. The molecular weight excluding hydrogens is 338 g/mol. The van der Waals surface area contributed by atoms with Gasteiger partial charge in [0.05, 0.1) is 12.6 Å². The van der Waals surface area contributed by atoms with Gasteiger partial charge in [0, 0.05) is 25.7 Å². The lowest BCUT2D eigenvalue weighted by molar-refractivity contribution is -0.142. The fourth-order valence-electron chi connectivity index (χ4n) is 2.84. The Hall–Kier alpha value is -2.58. The van der Waals surface area contributed by atoms with Crippen molar-refractivity contribution in [1.29, 1.82) is 0 Å². The number of nitrogens with two attached hydrogens (primary N) is 1. The second kappa shape index (κ2) is 9.21. The quantitative estimate of drug-likeness (QED) is 0.551. The van der Waals surface area contributed by atoms with Gasteiger partial charge >= 0.3 is 6.03 Å². The maximum atomic E-state index is 12.8. The SMILES string of the molecule is CC(C)=CC(=O)N1CCC(NC(=O)NC(C)C)C1C(=O)N(C)CC(N)=O. The lowest BCUT2D eigenvalue weighted by Crippen LogP contribution is -2.57. The highest BCUT2D eigenvalue weighted by Gasteiger charge is 2.43. The highest BCUT2D eigenvalue weighted by molar-refractivity contribution is 5.95. The van der Waals surface area contributed by atoms with E-state index < -0.39 is 29.9 Å². The molecule has 5 amide bonds. The zero-order chi connectivity index (χ0) is 20.0. The molecule has 146 valence electrons. The van der Waals surface area contributed by atoms with E-state index in [4.69, 9.17) is 5.73 Å². The average molecular weight is 367 g/mol. The molecule has 9 nitrogen and oxygen atoms in total. The van der Waals surface area contributed by atoms with Crippen molar-refractivity contribution in [2.24, 2.45) is 5.73 Å². The first-order valence-corrected chi connectivity index (χ1v) is 8.58. The topological polar surface area (TPSA) is 125 Å². The predicted octanol–water partition coefficient (Wildman–Crippen LogP) is -0.427. The Bertz CT molecular complexity index is 598. The van der Waals surface area contributed by atoms with Gasteiger partial charge in [-0.25, -0.2) is 4.79 Å².